The Hall–Kier alpha value is -1.09. The van der Waals surface area contributed by atoms with Crippen LogP contribution in [0.1, 0.15) is 55.6 Å². The van der Waals surface area contributed by atoms with Gasteiger partial charge in [0.2, 0.25) is 0 Å². The number of hydrogen-bond donors (Lipinski definition) is 0. The van der Waals surface area contributed by atoms with Gasteiger partial charge in [-0.15, -0.1) is 9.81 Å². The SMILES string of the molecule is Cc1c(C)c(C)[c-](C)c1C.Cc1c(C)c(C)[c-](C)c1C.[Co].[Co].[N]=O.[N]=O. The molecule has 4 radical (unpaired) electrons. The Kier molecular flexibility index (Phi) is 18.8. The van der Waals surface area contributed by atoms with E-state index in [9.17, 15) is 0 Å². The molecule has 0 atom stereocenters. The Labute approximate surface area is 179 Å². The second kappa shape index (κ2) is 15.0. The van der Waals surface area contributed by atoms with Gasteiger partial charge in [-0.1, -0.05) is 69.2 Å². The molecule has 0 fully saturated rings. The number of rotatable bonds is 0. The van der Waals surface area contributed by atoms with E-state index in [0.717, 1.165) is 0 Å². The zero-order valence-electron chi connectivity index (χ0n) is 17.4. The van der Waals surface area contributed by atoms with Crippen LogP contribution in [-0.2, 0) is 33.6 Å². The van der Waals surface area contributed by atoms with Gasteiger partial charge >= 0.3 is 0 Å². The summed E-state index contributed by atoms with van der Waals surface area (Å²) < 4.78 is 0. The maximum Gasteiger partial charge on any atom is 0.120 e. The van der Waals surface area contributed by atoms with E-state index in [2.05, 4.69) is 69.2 Å². The molecule has 0 saturated carbocycles. The fourth-order valence-corrected chi connectivity index (χ4v) is 2.81. The van der Waals surface area contributed by atoms with Gasteiger partial charge in [0, 0.05) is 33.6 Å². The van der Waals surface area contributed by atoms with Crippen LogP contribution in [0.4, 0.5) is 0 Å². The monoisotopic (exact) mass is 448 g/mol. The molecule has 0 saturated heterocycles. The summed E-state index contributed by atoms with van der Waals surface area (Å²) >= 11 is 0. The molecule has 2 aromatic carbocycles. The van der Waals surface area contributed by atoms with Crippen LogP contribution in [0.25, 0.3) is 0 Å². The van der Waals surface area contributed by atoms with Crippen LogP contribution in [-0.4, -0.2) is 0 Å². The number of nitroso groups, excluding NO2 is 2. The summed E-state index contributed by atoms with van der Waals surface area (Å²) in [5.74, 6) is 0. The summed E-state index contributed by atoms with van der Waals surface area (Å²) in [4.78, 5) is 14.5. The van der Waals surface area contributed by atoms with Crippen molar-refractivity contribution in [3.8, 4) is 0 Å². The van der Waals surface area contributed by atoms with Crippen molar-refractivity contribution < 1.29 is 33.6 Å². The first-order valence-electron chi connectivity index (χ1n) is 7.87. The second-order valence-electron chi connectivity index (χ2n) is 6.25. The van der Waals surface area contributed by atoms with Gasteiger partial charge < -0.3 is 0 Å². The van der Waals surface area contributed by atoms with Gasteiger partial charge in [-0.25, -0.2) is 0 Å². The number of hydrogen-bond acceptors (Lipinski definition) is 2. The third-order valence-electron chi connectivity index (χ3n) is 5.62. The average molecular weight is 448 g/mol. The molecule has 0 aromatic heterocycles. The maximum atomic E-state index is 7.25. The van der Waals surface area contributed by atoms with Crippen molar-refractivity contribution >= 4 is 0 Å². The first kappa shape index (κ1) is 32.6. The predicted octanol–water partition coefficient (Wildman–Crippen LogP) is 5.00. The average Bonchev–Trinajstić information content (AvgIpc) is 2.89. The molecular weight excluding hydrogens is 418 g/mol. The van der Waals surface area contributed by atoms with E-state index in [-0.39, 0.29) is 33.6 Å². The minimum atomic E-state index is 0. The molecule has 0 spiro atoms. The largest absolute Gasteiger partial charge is 0.196 e. The first-order chi connectivity index (χ1) is 11.1. The Morgan fingerprint density at radius 2 is 0.577 bits per heavy atom. The molecule has 26 heavy (non-hydrogen) atoms. The van der Waals surface area contributed by atoms with Crippen LogP contribution < -0.4 is 11.2 Å². The van der Waals surface area contributed by atoms with E-state index in [0.29, 0.717) is 0 Å². The van der Waals surface area contributed by atoms with Crippen LogP contribution in [0.2, 0.25) is 0 Å². The summed E-state index contributed by atoms with van der Waals surface area (Å²) in [6.45, 7) is 22.0. The standard InChI is InChI=1S/2C10H15.2Co.2NO/c2*1-6-7(2)9(4)10(5)8(6)3;;;2*1-2/h2*1-5H3;;;;/q2*-1;;;;. The molecule has 0 N–H and O–H groups in total. The van der Waals surface area contributed by atoms with E-state index in [4.69, 9.17) is 21.0 Å². The van der Waals surface area contributed by atoms with Crippen molar-refractivity contribution in [2.45, 2.75) is 69.2 Å². The molecule has 152 valence electrons. The van der Waals surface area contributed by atoms with Crippen LogP contribution in [0, 0.1) is 79.1 Å². The Morgan fingerprint density at radius 1 is 0.462 bits per heavy atom. The molecule has 0 amide bonds. The van der Waals surface area contributed by atoms with Crippen LogP contribution in [0.3, 0.4) is 0 Å². The van der Waals surface area contributed by atoms with E-state index < -0.39 is 0 Å². The fourth-order valence-electron chi connectivity index (χ4n) is 2.81. The second-order valence-corrected chi connectivity index (χ2v) is 6.25. The zero-order chi connectivity index (χ0) is 19.8. The quantitative estimate of drug-likeness (QED) is 0.532. The number of nitrogens with zero attached hydrogens (tertiary/aromatic N) is 2. The van der Waals surface area contributed by atoms with Crippen molar-refractivity contribution in [2.24, 2.45) is 0 Å². The van der Waals surface area contributed by atoms with E-state index >= 15 is 0 Å². The molecule has 0 aliphatic carbocycles. The third-order valence-corrected chi connectivity index (χ3v) is 5.62. The minimum absolute atomic E-state index is 0. The molecule has 2 aromatic rings. The molecule has 6 heteroatoms. The molecule has 0 heterocycles. The van der Waals surface area contributed by atoms with Crippen molar-refractivity contribution in [2.75, 3.05) is 0 Å². The van der Waals surface area contributed by atoms with E-state index in [1.54, 1.807) is 0 Å². The van der Waals surface area contributed by atoms with Gasteiger partial charge in [0.25, 0.3) is 0 Å². The predicted molar refractivity (Wildman–Crippen MR) is 102 cm³/mol. The summed E-state index contributed by atoms with van der Waals surface area (Å²) in [5.41, 5.74) is 26.2. The topological polar surface area (TPSA) is 78.7 Å². The van der Waals surface area contributed by atoms with Gasteiger partial charge in [-0.3, -0.25) is 0 Å². The molecule has 0 bridgehead atoms. The molecule has 0 aliphatic heterocycles. The Balaban J connectivity index is -0.000000147. The van der Waals surface area contributed by atoms with Gasteiger partial charge in [-0.05, 0) is 0 Å². The van der Waals surface area contributed by atoms with Gasteiger partial charge in [0.15, 0.2) is 0 Å². The molecular formula is C20H30Co2N2O2-2. The van der Waals surface area contributed by atoms with Gasteiger partial charge in [0.05, 0.1) is 0 Å². The van der Waals surface area contributed by atoms with Gasteiger partial charge in [-0.2, -0.15) is 55.6 Å². The summed E-state index contributed by atoms with van der Waals surface area (Å²) in [6.07, 6.45) is 0. The van der Waals surface area contributed by atoms with Crippen molar-refractivity contribution in [3.63, 3.8) is 0 Å². The van der Waals surface area contributed by atoms with E-state index in [1.165, 1.54) is 55.6 Å². The zero-order valence-corrected chi connectivity index (χ0v) is 19.5. The summed E-state index contributed by atoms with van der Waals surface area (Å²) in [6, 6.07) is 0. The molecule has 0 unspecified atom stereocenters. The normalized spacial score (nSPS) is 8.38. The van der Waals surface area contributed by atoms with Crippen molar-refractivity contribution in [3.05, 3.63) is 65.4 Å². The van der Waals surface area contributed by atoms with E-state index in [1.807, 2.05) is 0 Å². The van der Waals surface area contributed by atoms with Crippen molar-refractivity contribution in [1.82, 2.24) is 11.2 Å². The Bertz CT molecular complexity index is 456. The van der Waals surface area contributed by atoms with Crippen LogP contribution in [0.5, 0.6) is 0 Å². The maximum absolute atomic E-state index is 7.25. The minimum Gasteiger partial charge on any atom is -0.196 e. The Morgan fingerprint density at radius 3 is 0.615 bits per heavy atom. The third kappa shape index (κ3) is 7.27. The molecule has 2 rings (SSSR count). The smallest absolute Gasteiger partial charge is 0.120 e. The summed E-state index contributed by atoms with van der Waals surface area (Å²) in [5, 5.41) is 0. The summed E-state index contributed by atoms with van der Waals surface area (Å²) in [7, 11) is 0. The molecule has 4 nitrogen and oxygen atoms in total. The molecule has 0 aliphatic rings. The van der Waals surface area contributed by atoms with Crippen LogP contribution in [0.15, 0.2) is 0 Å². The first-order valence-corrected chi connectivity index (χ1v) is 7.87. The van der Waals surface area contributed by atoms with Crippen molar-refractivity contribution in [1.29, 1.82) is 0 Å². The van der Waals surface area contributed by atoms with Gasteiger partial charge in [0.1, 0.15) is 11.2 Å². The fraction of sp³-hybridized carbons (Fsp3) is 0.500. The van der Waals surface area contributed by atoms with Crippen LogP contribution >= 0.6 is 0 Å².